The summed E-state index contributed by atoms with van der Waals surface area (Å²) in [4.78, 5) is 76.1. The number of ketones is 3. The molecule has 1 aliphatic heterocycles. The molecule has 0 fully saturated rings. The lowest BCUT2D eigenvalue weighted by Gasteiger charge is -2.32. The highest BCUT2D eigenvalue weighted by atomic mass is 16.5. The molecule has 4 bridgehead atoms. The summed E-state index contributed by atoms with van der Waals surface area (Å²) < 4.78 is 12.2. The van der Waals surface area contributed by atoms with E-state index in [-0.39, 0.29) is 88.4 Å². The first-order valence-corrected chi connectivity index (χ1v) is 20.7. The number of pyridine rings is 1. The maximum absolute atomic E-state index is 14.6. The molecule has 0 saturated heterocycles. The lowest BCUT2D eigenvalue weighted by molar-refractivity contribution is -0.142. The van der Waals surface area contributed by atoms with E-state index in [1.807, 2.05) is 32.9 Å². The number of hydrogen-bond donors (Lipinski definition) is 4. The largest absolute Gasteiger partial charge is 0.492 e. The van der Waals surface area contributed by atoms with Crippen LogP contribution in [0.25, 0.3) is 11.1 Å². The van der Waals surface area contributed by atoms with Gasteiger partial charge in [-0.3, -0.25) is 24.0 Å². The first-order chi connectivity index (χ1) is 29.0. The van der Waals surface area contributed by atoms with E-state index >= 15 is 0 Å². The van der Waals surface area contributed by atoms with Gasteiger partial charge in [0.25, 0.3) is 0 Å². The number of nitriles is 1. The molecule has 4 atom stereocenters. The Morgan fingerprint density at radius 2 is 1.61 bits per heavy atom. The third kappa shape index (κ3) is 13.0. The Labute approximate surface area is 358 Å². The average Bonchev–Trinajstić information content (AvgIpc) is 3.22. The van der Waals surface area contributed by atoms with Crippen molar-refractivity contribution in [1.82, 2.24) is 15.2 Å². The van der Waals surface area contributed by atoms with Crippen molar-refractivity contribution in [3.63, 3.8) is 0 Å². The maximum Gasteiger partial charge on any atom is 0.226 e. The lowest BCUT2D eigenvalue weighted by Crippen LogP contribution is -2.46. The summed E-state index contributed by atoms with van der Waals surface area (Å²) >= 11 is 0. The summed E-state index contributed by atoms with van der Waals surface area (Å²) in [6, 6.07) is 13.6. The summed E-state index contributed by atoms with van der Waals surface area (Å²) in [6.45, 7) is 10.2. The van der Waals surface area contributed by atoms with Gasteiger partial charge in [0.2, 0.25) is 11.8 Å². The SMILES string of the molecule is Cc1nc(C#CC(C)(C)C)ccc1C(=O)C[C@@H](CCN)C(=O)N(C)[C@@H]1C(=O)C[C@@H](C)C(=O)N[C@H](C(=O)CCC#N)Cc2ccc(OCCN)c(c2)-c2cc1ccc2OCCN. The van der Waals surface area contributed by atoms with Crippen molar-refractivity contribution in [2.75, 3.05) is 39.9 Å². The predicted octanol–water partition coefficient (Wildman–Crippen LogP) is 4.38. The predicted molar refractivity (Wildman–Crippen MR) is 232 cm³/mol. The molecule has 14 heteroatoms. The monoisotopic (exact) mass is 833 g/mol. The third-order valence-electron chi connectivity index (χ3n) is 10.3. The number of rotatable bonds is 16. The van der Waals surface area contributed by atoms with E-state index in [1.165, 1.54) is 11.9 Å². The first-order valence-electron chi connectivity index (χ1n) is 20.7. The number of amides is 2. The number of nitrogens with two attached hydrogens (primary N) is 3. The molecular weight excluding hydrogens is 775 g/mol. The Morgan fingerprint density at radius 3 is 2.21 bits per heavy atom. The van der Waals surface area contributed by atoms with Crippen molar-refractivity contribution < 1.29 is 33.4 Å². The standard InChI is InChI=1S/C47H59N7O7/c1-29-24-41(57)44(54(6)46(59)33(16-19-49)28-40(56)35-12-11-34(52-30(35)2)15-17-47(3,4)5)32-10-14-43(61-23-21-51)37(27-32)36-25-31(9-13-42(36)60-22-20-50)26-38(53-45(29)58)39(55)8-7-18-48/h9-14,25,27,29,33,38,44H,7-8,16,19-24,26,28,49-51H2,1-6H3,(H,53,58)/t29-,33-,38+,44+/m1/s1. The molecule has 61 heavy (non-hydrogen) atoms. The molecule has 0 aliphatic carbocycles. The van der Waals surface area contributed by atoms with Crippen LogP contribution in [0.5, 0.6) is 11.5 Å². The molecule has 2 aromatic carbocycles. The Hall–Kier alpha value is -5.93. The molecule has 14 nitrogen and oxygen atoms in total. The zero-order valence-electron chi connectivity index (χ0n) is 36.1. The molecule has 0 radical (unpaired) electrons. The second-order valence-corrected chi connectivity index (χ2v) is 16.4. The van der Waals surface area contributed by atoms with E-state index in [0.29, 0.717) is 50.7 Å². The topological polar surface area (TPSA) is 234 Å². The number of ether oxygens (including phenoxy) is 2. The van der Waals surface area contributed by atoms with Gasteiger partial charge in [-0.1, -0.05) is 25.0 Å². The van der Waals surface area contributed by atoms with Crippen molar-refractivity contribution in [3.05, 3.63) is 76.6 Å². The number of nitrogens with zero attached hydrogens (tertiary/aromatic N) is 3. The number of carbonyl (C=O) groups is 5. The van der Waals surface area contributed by atoms with Gasteiger partial charge in [0, 0.05) is 85.5 Å². The maximum atomic E-state index is 14.6. The van der Waals surface area contributed by atoms with Crippen LogP contribution in [0.15, 0.2) is 48.5 Å². The van der Waals surface area contributed by atoms with Crippen LogP contribution in [-0.4, -0.2) is 85.0 Å². The number of nitrogens with one attached hydrogen (secondary N) is 1. The molecular formula is C47H59N7O7. The molecule has 1 aromatic heterocycles. The molecule has 2 amide bonds. The number of aromatic nitrogens is 1. The van der Waals surface area contributed by atoms with Crippen LogP contribution in [-0.2, 0) is 25.6 Å². The Morgan fingerprint density at radius 1 is 0.951 bits per heavy atom. The fourth-order valence-electron chi connectivity index (χ4n) is 7.15. The fraction of sp³-hybridized carbons (Fsp3) is 0.468. The van der Waals surface area contributed by atoms with Crippen LogP contribution in [0.2, 0.25) is 0 Å². The quantitative estimate of drug-likeness (QED) is 0.116. The second kappa shape index (κ2) is 22.1. The zero-order chi connectivity index (χ0) is 44.9. The van der Waals surface area contributed by atoms with Crippen LogP contribution in [0.3, 0.4) is 0 Å². The number of carbonyl (C=O) groups excluding carboxylic acids is 5. The zero-order valence-corrected chi connectivity index (χ0v) is 36.1. The highest BCUT2D eigenvalue weighted by molar-refractivity contribution is 6.00. The number of benzene rings is 2. The molecule has 324 valence electrons. The third-order valence-corrected chi connectivity index (χ3v) is 10.3. The minimum Gasteiger partial charge on any atom is -0.492 e. The van der Waals surface area contributed by atoms with Gasteiger partial charge < -0.3 is 36.9 Å². The van der Waals surface area contributed by atoms with Gasteiger partial charge in [-0.2, -0.15) is 5.26 Å². The minimum absolute atomic E-state index is 0.0284. The van der Waals surface area contributed by atoms with Gasteiger partial charge in [0.05, 0.1) is 12.1 Å². The summed E-state index contributed by atoms with van der Waals surface area (Å²) in [5.74, 6) is 3.12. The molecule has 1 aliphatic rings. The normalized spacial score (nSPS) is 17.1. The van der Waals surface area contributed by atoms with Crippen LogP contribution in [0.1, 0.15) is 98.7 Å². The number of fused-ring (bicyclic) bond motifs is 5. The van der Waals surface area contributed by atoms with E-state index in [1.54, 1.807) is 56.3 Å². The summed E-state index contributed by atoms with van der Waals surface area (Å²) in [5, 5.41) is 12.0. The van der Waals surface area contributed by atoms with E-state index < -0.39 is 41.5 Å². The second-order valence-electron chi connectivity index (χ2n) is 16.4. The molecule has 2 heterocycles. The highest BCUT2D eigenvalue weighted by Gasteiger charge is 2.36. The number of aryl methyl sites for hydroxylation is 1. The molecule has 0 unspecified atom stereocenters. The minimum atomic E-state index is -1.22. The van der Waals surface area contributed by atoms with Gasteiger partial charge in [-0.15, -0.1) is 0 Å². The van der Waals surface area contributed by atoms with Crippen molar-refractivity contribution in [3.8, 4) is 40.5 Å². The molecule has 0 spiro atoms. The van der Waals surface area contributed by atoms with Crippen LogP contribution < -0.4 is 32.0 Å². The Kier molecular flexibility index (Phi) is 17.3. The van der Waals surface area contributed by atoms with Gasteiger partial charge in [0.15, 0.2) is 17.3 Å². The van der Waals surface area contributed by atoms with Gasteiger partial charge >= 0.3 is 0 Å². The van der Waals surface area contributed by atoms with Crippen molar-refractivity contribution in [1.29, 1.82) is 5.26 Å². The summed E-state index contributed by atoms with van der Waals surface area (Å²) in [5.41, 5.74) is 21.0. The average molecular weight is 834 g/mol. The van der Waals surface area contributed by atoms with Crippen molar-refractivity contribution >= 4 is 29.2 Å². The van der Waals surface area contributed by atoms with Crippen LogP contribution in [0, 0.1) is 47.3 Å². The van der Waals surface area contributed by atoms with E-state index in [0.717, 1.165) is 0 Å². The van der Waals surface area contributed by atoms with Crippen LogP contribution in [0.4, 0.5) is 0 Å². The van der Waals surface area contributed by atoms with Gasteiger partial charge in [0.1, 0.15) is 36.4 Å². The smallest absolute Gasteiger partial charge is 0.226 e. The Bertz CT molecular complexity index is 2200. The fourth-order valence-corrected chi connectivity index (χ4v) is 7.15. The van der Waals surface area contributed by atoms with E-state index in [9.17, 15) is 29.2 Å². The number of hydrogen-bond acceptors (Lipinski definition) is 12. The summed E-state index contributed by atoms with van der Waals surface area (Å²) in [6.07, 6.45) is -0.329. The van der Waals surface area contributed by atoms with Crippen molar-refractivity contribution in [2.45, 2.75) is 85.2 Å². The Balaban J connectivity index is 1.84. The summed E-state index contributed by atoms with van der Waals surface area (Å²) in [7, 11) is 1.50. The van der Waals surface area contributed by atoms with E-state index in [2.05, 4.69) is 22.1 Å². The van der Waals surface area contributed by atoms with E-state index in [4.69, 9.17) is 26.7 Å². The highest BCUT2D eigenvalue weighted by Crippen LogP contribution is 2.41. The molecule has 3 aromatic rings. The lowest BCUT2D eigenvalue weighted by atomic mass is 9.88. The number of likely N-dealkylation sites (N-methyl/N-ethyl adjacent to an activating group) is 1. The molecule has 4 rings (SSSR count). The molecule has 0 saturated carbocycles. The van der Waals surface area contributed by atoms with Crippen molar-refractivity contribution in [2.24, 2.45) is 34.5 Å². The van der Waals surface area contributed by atoms with Gasteiger partial charge in [-0.25, -0.2) is 4.98 Å². The number of Topliss-reactive ketones (excluding diaryl/α,β-unsaturated/α-hetero) is 3. The first kappa shape index (κ1) is 47.7. The molecule has 7 N–H and O–H groups in total. The van der Waals surface area contributed by atoms with Gasteiger partial charge in [-0.05, 0) is 101 Å². The van der Waals surface area contributed by atoms with Crippen LogP contribution >= 0.6 is 0 Å².